The van der Waals surface area contributed by atoms with Crippen molar-refractivity contribution in [1.82, 2.24) is 15.1 Å². The molecule has 1 unspecified atom stereocenters. The van der Waals surface area contributed by atoms with Crippen LogP contribution in [-0.2, 0) is 16.1 Å². The SMILES string of the molecule is C[C@@H]1Oc2cc(O)ccc2[C@@H](c2ccc(OCCCCCN3CCN(c4ccc5c(c4)CN(C4CCC(=O)NC4=O)C5=O)CC3)cc2)[C@H]1c1ccccc1. The molecule has 10 nitrogen and oxygen atoms in total. The molecular formula is C44H48N4O6. The van der Waals surface area contributed by atoms with E-state index in [4.69, 9.17) is 9.47 Å². The van der Waals surface area contributed by atoms with Gasteiger partial charge in [0.1, 0.15) is 29.4 Å². The summed E-state index contributed by atoms with van der Waals surface area (Å²) in [7, 11) is 0. The number of hydrogen-bond donors (Lipinski definition) is 2. The van der Waals surface area contributed by atoms with E-state index in [-0.39, 0.29) is 47.8 Å². The maximum absolute atomic E-state index is 13.1. The number of hydrogen-bond acceptors (Lipinski definition) is 8. The number of unbranched alkanes of at least 4 members (excludes halogenated alkanes) is 2. The third-order valence-electron chi connectivity index (χ3n) is 11.6. The number of amides is 3. The Hall–Kier alpha value is -5.35. The van der Waals surface area contributed by atoms with Crippen molar-refractivity contribution in [1.29, 1.82) is 0 Å². The molecule has 4 aliphatic rings. The van der Waals surface area contributed by atoms with Crippen LogP contribution in [-0.4, -0.2) is 84.1 Å². The Labute approximate surface area is 316 Å². The van der Waals surface area contributed by atoms with Gasteiger partial charge in [0.2, 0.25) is 11.8 Å². The molecule has 4 aromatic rings. The number of phenolic OH excluding ortho intramolecular Hbond substituents is 1. The van der Waals surface area contributed by atoms with Crippen LogP contribution < -0.4 is 19.7 Å². The standard InChI is InChI=1S/C44H48N4O6/c1-29-41(30-8-4-2-5-9-30)42(37-17-13-34(49)27-39(37)54-29)31-10-14-35(15-11-31)53-25-7-3-6-20-46-21-23-47(24-22-46)33-12-16-36-32(26-33)28-48(44(36)52)38-18-19-40(50)45-43(38)51/h2,4-5,8-17,26-27,29,38,41-42,49H,3,6-7,18-25,28H2,1H3,(H,45,50,51)/t29-,38?,41+,42+/m0/s1. The summed E-state index contributed by atoms with van der Waals surface area (Å²) >= 11 is 0. The summed E-state index contributed by atoms with van der Waals surface area (Å²) in [6.45, 7) is 8.08. The van der Waals surface area contributed by atoms with Crippen molar-refractivity contribution in [3.8, 4) is 17.2 Å². The Morgan fingerprint density at radius 1 is 0.852 bits per heavy atom. The van der Waals surface area contributed by atoms with Crippen LogP contribution in [0.3, 0.4) is 0 Å². The topological polar surface area (TPSA) is 112 Å². The van der Waals surface area contributed by atoms with E-state index in [1.54, 1.807) is 17.0 Å². The lowest BCUT2D eigenvalue weighted by Crippen LogP contribution is -2.52. The molecule has 4 atom stereocenters. The number of phenols is 1. The Morgan fingerprint density at radius 2 is 1.65 bits per heavy atom. The first kappa shape index (κ1) is 35.7. The number of piperazine rings is 1. The van der Waals surface area contributed by atoms with Gasteiger partial charge >= 0.3 is 0 Å². The molecule has 280 valence electrons. The second-order valence-corrected chi connectivity index (χ2v) is 15.0. The molecule has 2 fully saturated rings. The number of carbonyl (C=O) groups excluding carboxylic acids is 3. The minimum absolute atomic E-state index is 0.0640. The summed E-state index contributed by atoms with van der Waals surface area (Å²) in [6, 6.07) is 29.9. The minimum Gasteiger partial charge on any atom is -0.508 e. The highest BCUT2D eigenvalue weighted by atomic mass is 16.5. The number of piperidine rings is 1. The maximum atomic E-state index is 13.1. The Bertz CT molecular complexity index is 1990. The molecule has 0 spiro atoms. The molecule has 0 aliphatic carbocycles. The van der Waals surface area contributed by atoms with Crippen molar-refractivity contribution in [2.75, 3.05) is 44.2 Å². The summed E-state index contributed by atoms with van der Waals surface area (Å²) in [5.74, 6) is 1.24. The van der Waals surface area contributed by atoms with Gasteiger partial charge in [0.05, 0.1) is 6.61 Å². The fraction of sp³-hybridized carbons (Fsp3) is 0.386. The first-order chi connectivity index (χ1) is 26.3. The molecule has 2 saturated heterocycles. The highest BCUT2D eigenvalue weighted by molar-refractivity contribution is 6.05. The van der Waals surface area contributed by atoms with E-state index in [0.29, 0.717) is 25.1 Å². The molecule has 8 rings (SSSR count). The van der Waals surface area contributed by atoms with Gasteiger partial charge in [0.25, 0.3) is 5.91 Å². The Balaban J connectivity index is 0.782. The van der Waals surface area contributed by atoms with E-state index in [0.717, 1.165) is 80.3 Å². The Morgan fingerprint density at radius 3 is 2.43 bits per heavy atom. The lowest BCUT2D eigenvalue weighted by Gasteiger charge is -2.39. The first-order valence-corrected chi connectivity index (χ1v) is 19.3. The number of ether oxygens (including phenoxy) is 2. The second-order valence-electron chi connectivity index (χ2n) is 15.0. The predicted octanol–water partition coefficient (Wildman–Crippen LogP) is 6.22. The van der Waals surface area contributed by atoms with Gasteiger partial charge in [-0.1, -0.05) is 48.5 Å². The van der Waals surface area contributed by atoms with Crippen LogP contribution in [0.5, 0.6) is 17.2 Å². The van der Waals surface area contributed by atoms with Crippen molar-refractivity contribution in [2.24, 2.45) is 0 Å². The summed E-state index contributed by atoms with van der Waals surface area (Å²) < 4.78 is 12.5. The van der Waals surface area contributed by atoms with E-state index in [9.17, 15) is 19.5 Å². The molecule has 0 saturated carbocycles. The van der Waals surface area contributed by atoms with Crippen molar-refractivity contribution in [3.63, 3.8) is 0 Å². The number of nitrogens with zero attached hydrogens (tertiary/aromatic N) is 3. The monoisotopic (exact) mass is 728 g/mol. The number of anilines is 1. The third-order valence-corrected chi connectivity index (χ3v) is 11.6. The Kier molecular flexibility index (Phi) is 10.3. The van der Waals surface area contributed by atoms with E-state index in [1.807, 2.05) is 24.3 Å². The number of fused-ring (bicyclic) bond motifs is 2. The number of aromatic hydroxyl groups is 1. The fourth-order valence-electron chi connectivity index (χ4n) is 8.71. The molecule has 4 heterocycles. The molecule has 54 heavy (non-hydrogen) atoms. The zero-order valence-corrected chi connectivity index (χ0v) is 30.8. The normalized spacial score (nSPS) is 22.7. The highest BCUT2D eigenvalue weighted by Gasteiger charge is 2.40. The van der Waals surface area contributed by atoms with Crippen molar-refractivity contribution >= 4 is 23.4 Å². The van der Waals surface area contributed by atoms with Gasteiger partial charge in [0.15, 0.2) is 0 Å². The van der Waals surface area contributed by atoms with Crippen LogP contribution >= 0.6 is 0 Å². The van der Waals surface area contributed by atoms with E-state index in [1.165, 1.54) is 11.1 Å². The molecule has 2 N–H and O–H groups in total. The average Bonchev–Trinajstić information content (AvgIpc) is 3.51. The fourth-order valence-corrected chi connectivity index (χ4v) is 8.71. The summed E-state index contributed by atoms with van der Waals surface area (Å²) in [6.07, 6.45) is 3.78. The van der Waals surface area contributed by atoms with Crippen LogP contribution in [0.15, 0.2) is 91.0 Å². The lowest BCUT2D eigenvalue weighted by atomic mass is 9.73. The number of imide groups is 1. The van der Waals surface area contributed by atoms with Crippen molar-refractivity contribution in [3.05, 3.63) is 119 Å². The van der Waals surface area contributed by atoms with Gasteiger partial charge < -0.3 is 24.4 Å². The van der Waals surface area contributed by atoms with Gasteiger partial charge in [-0.3, -0.25) is 24.6 Å². The van der Waals surface area contributed by atoms with Crippen LogP contribution in [0.4, 0.5) is 5.69 Å². The van der Waals surface area contributed by atoms with Crippen LogP contribution in [0, 0.1) is 0 Å². The smallest absolute Gasteiger partial charge is 0.255 e. The van der Waals surface area contributed by atoms with Gasteiger partial charge in [-0.05, 0) is 92.2 Å². The zero-order valence-electron chi connectivity index (χ0n) is 30.8. The highest BCUT2D eigenvalue weighted by Crippen LogP contribution is 2.49. The average molecular weight is 729 g/mol. The molecule has 0 bridgehead atoms. The molecule has 3 amide bonds. The van der Waals surface area contributed by atoms with Gasteiger partial charge in [-0.2, -0.15) is 0 Å². The lowest BCUT2D eigenvalue weighted by molar-refractivity contribution is -0.136. The van der Waals surface area contributed by atoms with Gasteiger partial charge in [-0.25, -0.2) is 0 Å². The number of carbonyl (C=O) groups is 3. The summed E-state index contributed by atoms with van der Waals surface area (Å²) in [5, 5.41) is 12.5. The molecular weight excluding hydrogens is 681 g/mol. The third kappa shape index (κ3) is 7.40. The molecule has 4 aliphatic heterocycles. The largest absolute Gasteiger partial charge is 0.508 e. The first-order valence-electron chi connectivity index (χ1n) is 19.3. The minimum atomic E-state index is -0.592. The maximum Gasteiger partial charge on any atom is 0.255 e. The van der Waals surface area contributed by atoms with E-state index in [2.05, 4.69) is 76.6 Å². The molecule has 0 aromatic heterocycles. The quantitative estimate of drug-likeness (QED) is 0.138. The van der Waals surface area contributed by atoms with E-state index >= 15 is 0 Å². The van der Waals surface area contributed by atoms with Crippen molar-refractivity contribution in [2.45, 2.75) is 69.6 Å². The van der Waals surface area contributed by atoms with Crippen molar-refractivity contribution < 1.29 is 29.0 Å². The molecule has 0 radical (unpaired) electrons. The number of benzene rings is 4. The second kappa shape index (κ2) is 15.6. The number of nitrogens with one attached hydrogen (secondary N) is 1. The van der Waals surface area contributed by atoms with E-state index < -0.39 is 6.04 Å². The van der Waals surface area contributed by atoms with Gasteiger partial charge in [0, 0.05) is 73.9 Å². The zero-order chi connectivity index (χ0) is 37.2. The van der Waals surface area contributed by atoms with Crippen LogP contribution in [0.1, 0.15) is 83.5 Å². The van der Waals surface area contributed by atoms with Crippen LogP contribution in [0.2, 0.25) is 0 Å². The summed E-state index contributed by atoms with van der Waals surface area (Å²) in [5.41, 5.74) is 6.21. The molecule has 4 aromatic carbocycles. The van der Waals surface area contributed by atoms with Gasteiger partial charge in [-0.15, -0.1) is 0 Å². The molecule has 10 heteroatoms. The number of rotatable bonds is 11. The predicted molar refractivity (Wildman–Crippen MR) is 206 cm³/mol. The van der Waals surface area contributed by atoms with Crippen LogP contribution in [0.25, 0.3) is 0 Å². The summed E-state index contributed by atoms with van der Waals surface area (Å²) in [4.78, 5) is 43.6.